The number of nitrogens with zero attached hydrogens (tertiary/aromatic N) is 1. The summed E-state index contributed by atoms with van der Waals surface area (Å²) < 4.78 is 12.9. The van der Waals surface area contributed by atoms with Gasteiger partial charge >= 0.3 is 0 Å². The number of anilines is 1. The summed E-state index contributed by atoms with van der Waals surface area (Å²) in [6.07, 6.45) is 1.04. The molecule has 0 bridgehead atoms. The van der Waals surface area contributed by atoms with Crippen molar-refractivity contribution in [1.82, 2.24) is 10.3 Å². The third kappa shape index (κ3) is 5.50. The molecule has 0 atom stereocenters. The van der Waals surface area contributed by atoms with E-state index in [0.717, 1.165) is 11.8 Å². The molecule has 5 nitrogen and oxygen atoms in total. The Bertz CT molecular complexity index is 1020. The Morgan fingerprint density at radius 3 is 2.03 bits per heavy atom. The van der Waals surface area contributed by atoms with E-state index in [-0.39, 0.29) is 23.0 Å². The van der Waals surface area contributed by atoms with E-state index in [9.17, 15) is 14.0 Å². The smallest absolute Gasteiger partial charge is 0.256 e. The lowest BCUT2D eigenvalue weighted by Gasteiger charge is -2.19. The molecule has 0 spiro atoms. The van der Waals surface area contributed by atoms with Crippen molar-refractivity contribution in [3.63, 3.8) is 0 Å². The van der Waals surface area contributed by atoms with Crippen molar-refractivity contribution in [3.05, 3.63) is 94.9 Å². The largest absolute Gasteiger partial charge is 0.348 e. The number of amides is 2. The molecule has 1 heterocycles. The fourth-order valence-electron chi connectivity index (χ4n) is 2.82. The van der Waals surface area contributed by atoms with Crippen LogP contribution in [-0.2, 0) is 12.0 Å². The summed E-state index contributed by atoms with van der Waals surface area (Å²) in [6, 6.07) is 17.1. The minimum absolute atomic E-state index is 0.0375. The lowest BCUT2D eigenvalue weighted by Crippen LogP contribution is -2.23. The Hall–Kier alpha value is -3.54. The highest BCUT2D eigenvalue weighted by molar-refractivity contribution is 6.03. The van der Waals surface area contributed by atoms with Gasteiger partial charge in [-0.3, -0.25) is 9.59 Å². The number of halogens is 1. The van der Waals surface area contributed by atoms with Gasteiger partial charge in [-0.15, -0.1) is 0 Å². The molecule has 3 aromatic rings. The monoisotopic (exact) mass is 405 g/mol. The number of carbonyl (C=O) groups is 2. The van der Waals surface area contributed by atoms with Gasteiger partial charge in [0.05, 0.1) is 6.20 Å². The molecule has 3 rings (SSSR count). The fourth-order valence-corrected chi connectivity index (χ4v) is 2.82. The van der Waals surface area contributed by atoms with Crippen LogP contribution in [0.15, 0.2) is 66.9 Å². The van der Waals surface area contributed by atoms with Crippen LogP contribution in [0.1, 0.15) is 52.6 Å². The normalized spacial score (nSPS) is 11.1. The SMILES string of the molecule is CC(C)(C)c1ccc(C(=O)NCc2ccc(C(=O)Nc3ccc(F)cn3)cc2)cc1. The molecule has 0 radical (unpaired) electrons. The minimum atomic E-state index is -0.468. The summed E-state index contributed by atoms with van der Waals surface area (Å²) >= 11 is 0. The Kier molecular flexibility index (Phi) is 6.26. The van der Waals surface area contributed by atoms with Crippen molar-refractivity contribution in [2.45, 2.75) is 32.7 Å². The maximum absolute atomic E-state index is 12.9. The summed E-state index contributed by atoms with van der Waals surface area (Å²) in [6.45, 7) is 6.73. The number of benzene rings is 2. The van der Waals surface area contributed by atoms with Crippen molar-refractivity contribution >= 4 is 17.6 Å². The third-order valence-electron chi connectivity index (χ3n) is 4.65. The standard InChI is InChI=1S/C24H24FN3O2/c1-24(2,3)19-10-8-17(9-11-19)22(29)27-14-16-4-6-18(7-5-16)23(30)28-21-13-12-20(25)15-26-21/h4-13,15H,14H2,1-3H3,(H,27,29)(H,26,28,30). The average molecular weight is 405 g/mol. The number of pyridine rings is 1. The maximum atomic E-state index is 12.9. The lowest BCUT2D eigenvalue weighted by molar-refractivity contribution is 0.0949. The van der Waals surface area contributed by atoms with Crippen LogP contribution in [0.25, 0.3) is 0 Å². The predicted molar refractivity (Wildman–Crippen MR) is 115 cm³/mol. The predicted octanol–water partition coefficient (Wildman–Crippen LogP) is 4.70. The van der Waals surface area contributed by atoms with Gasteiger partial charge in [0.15, 0.2) is 0 Å². The molecule has 6 heteroatoms. The van der Waals surface area contributed by atoms with Gasteiger partial charge < -0.3 is 10.6 Å². The highest BCUT2D eigenvalue weighted by Gasteiger charge is 2.14. The van der Waals surface area contributed by atoms with Gasteiger partial charge in [0, 0.05) is 17.7 Å². The van der Waals surface area contributed by atoms with Gasteiger partial charge in [0.1, 0.15) is 11.6 Å². The number of aromatic nitrogens is 1. The third-order valence-corrected chi connectivity index (χ3v) is 4.65. The molecule has 2 N–H and O–H groups in total. The van der Waals surface area contributed by atoms with Crippen LogP contribution in [0, 0.1) is 5.82 Å². The van der Waals surface area contributed by atoms with E-state index in [0.29, 0.717) is 17.7 Å². The molecule has 0 aliphatic heterocycles. The van der Waals surface area contributed by atoms with Gasteiger partial charge in [-0.2, -0.15) is 0 Å². The number of hydrogen-bond acceptors (Lipinski definition) is 3. The van der Waals surface area contributed by atoms with Crippen LogP contribution >= 0.6 is 0 Å². The number of carbonyl (C=O) groups excluding carboxylic acids is 2. The van der Waals surface area contributed by atoms with Crippen molar-refractivity contribution in [2.24, 2.45) is 0 Å². The highest BCUT2D eigenvalue weighted by Crippen LogP contribution is 2.22. The molecule has 1 aromatic heterocycles. The molecule has 0 aliphatic carbocycles. The number of hydrogen-bond donors (Lipinski definition) is 2. The molecule has 2 amide bonds. The first-order chi connectivity index (χ1) is 14.2. The van der Waals surface area contributed by atoms with Crippen LogP contribution in [0.5, 0.6) is 0 Å². The van der Waals surface area contributed by atoms with Crippen molar-refractivity contribution in [2.75, 3.05) is 5.32 Å². The van der Waals surface area contributed by atoms with Gasteiger partial charge in [-0.05, 0) is 52.9 Å². The Labute approximate surface area is 175 Å². The van der Waals surface area contributed by atoms with E-state index in [2.05, 4.69) is 36.4 Å². The molecule has 0 saturated heterocycles. The molecule has 0 fully saturated rings. The van der Waals surface area contributed by atoms with Gasteiger partial charge in [-0.25, -0.2) is 9.37 Å². The second-order valence-electron chi connectivity index (χ2n) is 8.02. The Morgan fingerprint density at radius 2 is 1.47 bits per heavy atom. The zero-order valence-electron chi connectivity index (χ0n) is 17.2. The summed E-state index contributed by atoms with van der Waals surface area (Å²) in [5.74, 6) is -0.692. The van der Waals surface area contributed by atoms with Crippen LogP contribution < -0.4 is 10.6 Å². The van der Waals surface area contributed by atoms with Gasteiger partial charge in [0.2, 0.25) is 0 Å². The summed E-state index contributed by atoms with van der Waals surface area (Å²) in [7, 11) is 0. The number of rotatable bonds is 5. The first-order valence-electron chi connectivity index (χ1n) is 9.63. The minimum Gasteiger partial charge on any atom is -0.348 e. The highest BCUT2D eigenvalue weighted by atomic mass is 19.1. The molecule has 0 unspecified atom stereocenters. The second kappa shape index (κ2) is 8.86. The van der Waals surface area contributed by atoms with Crippen LogP contribution in [0.4, 0.5) is 10.2 Å². The van der Waals surface area contributed by atoms with Gasteiger partial charge in [-0.1, -0.05) is 45.0 Å². The Balaban J connectivity index is 1.55. The van der Waals surface area contributed by atoms with E-state index in [1.165, 1.54) is 17.7 Å². The molecule has 2 aromatic carbocycles. The average Bonchev–Trinajstić information content (AvgIpc) is 2.73. The zero-order valence-corrected chi connectivity index (χ0v) is 17.2. The second-order valence-corrected chi connectivity index (χ2v) is 8.02. The van der Waals surface area contributed by atoms with E-state index in [4.69, 9.17) is 0 Å². The fraction of sp³-hybridized carbons (Fsp3) is 0.208. The topological polar surface area (TPSA) is 71.1 Å². The molecule has 154 valence electrons. The van der Waals surface area contributed by atoms with Crippen LogP contribution in [0.3, 0.4) is 0 Å². The van der Waals surface area contributed by atoms with Crippen molar-refractivity contribution < 1.29 is 14.0 Å². The van der Waals surface area contributed by atoms with E-state index in [1.54, 1.807) is 24.3 Å². The summed E-state index contributed by atoms with van der Waals surface area (Å²) in [5, 5.41) is 5.49. The van der Waals surface area contributed by atoms with Crippen LogP contribution in [0.2, 0.25) is 0 Å². The van der Waals surface area contributed by atoms with E-state index < -0.39 is 5.82 Å². The first-order valence-corrected chi connectivity index (χ1v) is 9.63. The van der Waals surface area contributed by atoms with Gasteiger partial charge in [0.25, 0.3) is 11.8 Å². The molecular weight excluding hydrogens is 381 g/mol. The van der Waals surface area contributed by atoms with Crippen molar-refractivity contribution in [3.8, 4) is 0 Å². The van der Waals surface area contributed by atoms with Crippen LogP contribution in [-0.4, -0.2) is 16.8 Å². The lowest BCUT2D eigenvalue weighted by atomic mass is 9.87. The van der Waals surface area contributed by atoms with Crippen molar-refractivity contribution in [1.29, 1.82) is 0 Å². The maximum Gasteiger partial charge on any atom is 0.256 e. The molecule has 30 heavy (non-hydrogen) atoms. The summed E-state index contributed by atoms with van der Waals surface area (Å²) in [4.78, 5) is 28.4. The molecular formula is C24H24FN3O2. The number of nitrogens with one attached hydrogen (secondary N) is 2. The first kappa shape index (κ1) is 21.2. The quantitative estimate of drug-likeness (QED) is 0.646. The molecule has 0 saturated carbocycles. The summed E-state index contributed by atoms with van der Waals surface area (Å²) in [5.41, 5.74) is 3.12. The van der Waals surface area contributed by atoms with E-state index in [1.807, 2.05) is 24.3 Å². The Morgan fingerprint density at radius 1 is 0.867 bits per heavy atom. The van der Waals surface area contributed by atoms with E-state index >= 15 is 0 Å². The molecule has 0 aliphatic rings. The zero-order chi connectivity index (χ0) is 21.7.